The summed E-state index contributed by atoms with van der Waals surface area (Å²) in [6.07, 6.45) is 0.904. The lowest BCUT2D eigenvalue weighted by Crippen LogP contribution is -2.32. The van der Waals surface area contributed by atoms with Crippen LogP contribution in [0.15, 0.2) is 36.4 Å². The standard InChI is InChI=1S/C16H19NO2/c1-4-11(2)17-16(18)14-9-12-7-5-6-8-13(12)10-15(14)19-3/h5-11H,4H2,1-3H3,(H,17,18)/t11-/m0/s1. The molecule has 100 valence electrons. The summed E-state index contributed by atoms with van der Waals surface area (Å²) in [5, 5.41) is 5.07. The first kappa shape index (κ1) is 13.4. The molecule has 0 spiro atoms. The Labute approximate surface area is 113 Å². The smallest absolute Gasteiger partial charge is 0.255 e. The van der Waals surface area contributed by atoms with Crippen molar-refractivity contribution in [2.45, 2.75) is 26.3 Å². The molecule has 2 aromatic carbocycles. The molecule has 0 aliphatic rings. The predicted octanol–water partition coefficient (Wildman–Crippen LogP) is 3.38. The van der Waals surface area contributed by atoms with Gasteiger partial charge in [0.2, 0.25) is 0 Å². The van der Waals surface area contributed by atoms with Gasteiger partial charge in [-0.1, -0.05) is 31.2 Å². The van der Waals surface area contributed by atoms with Crippen LogP contribution in [0.3, 0.4) is 0 Å². The second kappa shape index (κ2) is 5.74. The van der Waals surface area contributed by atoms with Crippen LogP contribution in [-0.4, -0.2) is 19.1 Å². The molecule has 1 atom stereocenters. The van der Waals surface area contributed by atoms with Crippen LogP contribution in [0.25, 0.3) is 10.8 Å². The Kier molecular flexibility index (Phi) is 4.05. The molecule has 1 amide bonds. The molecule has 0 saturated heterocycles. The molecule has 0 radical (unpaired) electrons. The van der Waals surface area contributed by atoms with E-state index in [2.05, 4.69) is 5.32 Å². The number of fused-ring (bicyclic) bond motifs is 1. The van der Waals surface area contributed by atoms with Gasteiger partial charge in [-0.05, 0) is 36.2 Å². The molecule has 0 aliphatic heterocycles. The first-order valence-corrected chi connectivity index (χ1v) is 6.53. The molecule has 0 bridgehead atoms. The highest BCUT2D eigenvalue weighted by Crippen LogP contribution is 2.25. The van der Waals surface area contributed by atoms with Crippen molar-refractivity contribution in [3.8, 4) is 5.75 Å². The van der Waals surface area contributed by atoms with Gasteiger partial charge in [-0.15, -0.1) is 0 Å². The largest absolute Gasteiger partial charge is 0.496 e. The van der Waals surface area contributed by atoms with Crippen LogP contribution in [0, 0.1) is 0 Å². The maximum atomic E-state index is 12.2. The van der Waals surface area contributed by atoms with Crippen molar-refractivity contribution in [1.29, 1.82) is 0 Å². The Balaban J connectivity index is 2.43. The molecule has 2 aromatic rings. The molecule has 1 N–H and O–H groups in total. The van der Waals surface area contributed by atoms with Crippen molar-refractivity contribution >= 4 is 16.7 Å². The number of methoxy groups -OCH3 is 1. The lowest BCUT2D eigenvalue weighted by atomic mass is 10.0. The average molecular weight is 257 g/mol. The van der Waals surface area contributed by atoms with Crippen LogP contribution in [0.5, 0.6) is 5.75 Å². The molecule has 3 heteroatoms. The summed E-state index contributed by atoms with van der Waals surface area (Å²) in [6.45, 7) is 4.04. The molecule has 0 aromatic heterocycles. The Morgan fingerprint density at radius 2 is 1.89 bits per heavy atom. The van der Waals surface area contributed by atoms with E-state index in [1.165, 1.54) is 0 Å². The summed E-state index contributed by atoms with van der Waals surface area (Å²) in [4.78, 5) is 12.2. The van der Waals surface area contributed by atoms with Gasteiger partial charge >= 0.3 is 0 Å². The van der Waals surface area contributed by atoms with Crippen LogP contribution < -0.4 is 10.1 Å². The van der Waals surface area contributed by atoms with Crippen molar-refractivity contribution < 1.29 is 9.53 Å². The number of hydrogen-bond acceptors (Lipinski definition) is 2. The van der Waals surface area contributed by atoms with Gasteiger partial charge in [-0.25, -0.2) is 0 Å². The monoisotopic (exact) mass is 257 g/mol. The Bertz CT molecular complexity index is 592. The van der Waals surface area contributed by atoms with Crippen molar-refractivity contribution in [2.75, 3.05) is 7.11 Å². The molecule has 0 unspecified atom stereocenters. The molecule has 0 saturated carbocycles. The summed E-state index contributed by atoms with van der Waals surface area (Å²) < 4.78 is 5.33. The van der Waals surface area contributed by atoms with Crippen molar-refractivity contribution in [3.05, 3.63) is 42.0 Å². The van der Waals surface area contributed by atoms with Crippen LogP contribution in [0.2, 0.25) is 0 Å². The van der Waals surface area contributed by atoms with E-state index in [0.717, 1.165) is 17.2 Å². The molecule has 19 heavy (non-hydrogen) atoms. The fourth-order valence-electron chi connectivity index (χ4n) is 1.97. The summed E-state index contributed by atoms with van der Waals surface area (Å²) in [5.74, 6) is 0.524. The number of amides is 1. The van der Waals surface area contributed by atoms with Crippen molar-refractivity contribution in [2.24, 2.45) is 0 Å². The molecule has 3 nitrogen and oxygen atoms in total. The van der Waals surface area contributed by atoms with E-state index in [1.807, 2.05) is 50.2 Å². The minimum Gasteiger partial charge on any atom is -0.496 e. The van der Waals surface area contributed by atoms with Gasteiger partial charge in [0.25, 0.3) is 5.91 Å². The summed E-state index contributed by atoms with van der Waals surface area (Å²) in [7, 11) is 1.59. The third kappa shape index (κ3) is 2.87. The molecular weight excluding hydrogens is 238 g/mol. The van der Waals surface area contributed by atoms with Gasteiger partial charge in [0.15, 0.2) is 0 Å². The van der Waals surface area contributed by atoms with E-state index in [0.29, 0.717) is 11.3 Å². The van der Waals surface area contributed by atoms with Gasteiger partial charge in [0, 0.05) is 6.04 Å². The first-order valence-electron chi connectivity index (χ1n) is 6.53. The van der Waals surface area contributed by atoms with Gasteiger partial charge in [-0.2, -0.15) is 0 Å². The predicted molar refractivity (Wildman–Crippen MR) is 77.7 cm³/mol. The summed E-state index contributed by atoms with van der Waals surface area (Å²) >= 11 is 0. The van der Waals surface area contributed by atoms with Gasteiger partial charge in [0.1, 0.15) is 5.75 Å². The van der Waals surface area contributed by atoms with Gasteiger partial charge in [0.05, 0.1) is 12.7 Å². The molecule has 2 rings (SSSR count). The number of carbonyl (C=O) groups excluding carboxylic acids is 1. The van der Waals surface area contributed by atoms with Crippen LogP contribution in [-0.2, 0) is 0 Å². The quantitative estimate of drug-likeness (QED) is 0.912. The molecule has 0 heterocycles. The van der Waals surface area contributed by atoms with E-state index >= 15 is 0 Å². The molecular formula is C16H19NO2. The third-order valence-corrected chi connectivity index (χ3v) is 3.30. The minimum atomic E-state index is -0.0862. The van der Waals surface area contributed by atoms with Crippen molar-refractivity contribution in [1.82, 2.24) is 5.32 Å². The highest BCUT2D eigenvalue weighted by molar-refractivity contribution is 6.01. The third-order valence-electron chi connectivity index (χ3n) is 3.30. The second-order valence-corrected chi connectivity index (χ2v) is 4.68. The zero-order valence-electron chi connectivity index (χ0n) is 11.6. The van der Waals surface area contributed by atoms with Crippen LogP contribution >= 0.6 is 0 Å². The summed E-state index contributed by atoms with van der Waals surface area (Å²) in [6, 6.07) is 11.9. The van der Waals surface area contributed by atoms with E-state index in [9.17, 15) is 4.79 Å². The SMILES string of the molecule is CC[C@H](C)NC(=O)c1cc2ccccc2cc1OC. The number of hydrogen-bond donors (Lipinski definition) is 1. The fourth-order valence-corrected chi connectivity index (χ4v) is 1.97. The number of nitrogens with one attached hydrogen (secondary N) is 1. The Morgan fingerprint density at radius 3 is 2.47 bits per heavy atom. The minimum absolute atomic E-state index is 0.0862. The molecule has 0 fully saturated rings. The summed E-state index contributed by atoms with van der Waals surface area (Å²) in [5.41, 5.74) is 0.585. The first-order chi connectivity index (χ1) is 9.15. The number of rotatable bonds is 4. The van der Waals surface area contributed by atoms with E-state index in [-0.39, 0.29) is 11.9 Å². The lowest BCUT2D eigenvalue weighted by Gasteiger charge is -2.14. The highest BCUT2D eigenvalue weighted by Gasteiger charge is 2.14. The van der Waals surface area contributed by atoms with Gasteiger partial charge in [-0.3, -0.25) is 4.79 Å². The fraction of sp³-hybridized carbons (Fsp3) is 0.312. The lowest BCUT2D eigenvalue weighted by molar-refractivity contribution is 0.0936. The Hall–Kier alpha value is -2.03. The number of carbonyl (C=O) groups is 1. The highest BCUT2D eigenvalue weighted by atomic mass is 16.5. The van der Waals surface area contributed by atoms with Crippen LogP contribution in [0.4, 0.5) is 0 Å². The number of benzene rings is 2. The van der Waals surface area contributed by atoms with E-state index < -0.39 is 0 Å². The van der Waals surface area contributed by atoms with Crippen LogP contribution in [0.1, 0.15) is 30.6 Å². The Morgan fingerprint density at radius 1 is 1.26 bits per heavy atom. The van der Waals surface area contributed by atoms with Crippen molar-refractivity contribution in [3.63, 3.8) is 0 Å². The number of ether oxygens (including phenoxy) is 1. The second-order valence-electron chi connectivity index (χ2n) is 4.68. The van der Waals surface area contributed by atoms with E-state index in [4.69, 9.17) is 4.74 Å². The van der Waals surface area contributed by atoms with E-state index in [1.54, 1.807) is 7.11 Å². The zero-order valence-corrected chi connectivity index (χ0v) is 11.6. The van der Waals surface area contributed by atoms with Gasteiger partial charge < -0.3 is 10.1 Å². The topological polar surface area (TPSA) is 38.3 Å². The maximum Gasteiger partial charge on any atom is 0.255 e. The maximum absolute atomic E-state index is 12.2. The average Bonchev–Trinajstić information content (AvgIpc) is 2.45. The molecule has 0 aliphatic carbocycles. The zero-order chi connectivity index (χ0) is 13.8. The normalized spacial score (nSPS) is 12.2.